The average Bonchev–Trinajstić information content (AvgIpc) is 2.91. The molecule has 0 saturated heterocycles. The molecule has 0 saturated carbocycles. The maximum absolute atomic E-state index is 14.1. The maximum Gasteiger partial charge on any atom is 0.244 e. The van der Waals surface area contributed by atoms with E-state index in [1.165, 1.54) is 4.90 Å². The van der Waals surface area contributed by atoms with Crippen molar-refractivity contribution in [2.45, 2.75) is 59.2 Å². The van der Waals surface area contributed by atoms with E-state index >= 15 is 0 Å². The molecule has 208 valence electrons. The highest BCUT2D eigenvalue weighted by atomic mass is 32.2. The fourth-order valence-corrected chi connectivity index (χ4v) is 5.28. The molecule has 0 radical (unpaired) electrons. The molecule has 0 spiro atoms. The highest BCUT2D eigenvalue weighted by Crippen LogP contribution is 2.26. The van der Waals surface area contributed by atoms with E-state index in [1.54, 1.807) is 12.1 Å². The first kappa shape index (κ1) is 29.9. The molecule has 3 aromatic carbocycles. The van der Waals surface area contributed by atoms with E-state index in [-0.39, 0.29) is 18.5 Å². The summed E-state index contributed by atoms with van der Waals surface area (Å²) in [6.45, 7) is 7.39. The molecule has 0 unspecified atom stereocenters. The number of carbonyl (C=O) groups is 2. The van der Waals surface area contributed by atoms with Crippen LogP contribution in [0.2, 0.25) is 0 Å². The minimum Gasteiger partial charge on any atom is -0.352 e. The summed E-state index contributed by atoms with van der Waals surface area (Å²) in [4.78, 5) is 29.3. The van der Waals surface area contributed by atoms with E-state index in [4.69, 9.17) is 0 Å². The van der Waals surface area contributed by atoms with Crippen molar-refractivity contribution < 1.29 is 18.0 Å². The number of hydrogen-bond donors (Lipinski definition) is 1. The lowest BCUT2D eigenvalue weighted by atomic mass is 10.0. The number of nitrogens with one attached hydrogen (secondary N) is 1. The summed E-state index contributed by atoms with van der Waals surface area (Å²) in [5, 5.41) is 3.04. The van der Waals surface area contributed by atoms with Crippen LogP contribution in [0.4, 0.5) is 5.69 Å². The van der Waals surface area contributed by atoms with E-state index in [1.807, 2.05) is 94.4 Å². The minimum absolute atomic E-state index is 0.0769. The lowest BCUT2D eigenvalue weighted by Crippen LogP contribution is -2.54. The van der Waals surface area contributed by atoms with Crippen molar-refractivity contribution in [2.75, 3.05) is 17.1 Å². The van der Waals surface area contributed by atoms with Crippen LogP contribution >= 0.6 is 0 Å². The van der Waals surface area contributed by atoms with Gasteiger partial charge in [-0.2, -0.15) is 0 Å². The third-order valence-electron chi connectivity index (χ3n) is 6.99. The van der Waals surface area contributed by atoms with Gasteiger partial charge in [-0.25, -0.2) is 8.42 Å². The molecule has 7 nitrogen and oxygen atoms in total. The predicted molar refractivity (Wildman–Crippen MR) is 157 cm³/mol. The number of carbonyl (C=O) groups excluding carboxylic acids is 2. The molecule has 0 aliphatic rings. The monoisotopic (exact) mass is 549 g/mol. The zero-order valence-electron chi connectivity index (χ0n) is 23.4. The van der Waals surface area contributed by atoms with Gasteiger partial charge in [0.15, 0.2) is 0 Å². The summed E-state index contributed by atoms with van der Waals surface area (Å²) < 4.78 is 27.1. The van der Waals surface area contributed by atoms with Crippen molar-refractivity contribution in [1.82, 2.24) is 10.2 Å². The first-order valence-electron chi connectivity index (χ1n) is 13.2. The number of anilines is 1. The molecule has 0 fully saturated rings. The largest absolute Gasteiger partial charge is 0.352 e. The Kier molecular flexibility index (Phi) is 10.3. The Balaban J connectivity index is 2.06. The van der Waals surface area contributed by atoms with Crippen LogP contribution < -0.4 is 9.62 Å². The number of nitrogens with zero attached hydrogens (tertiary/aromatic N) is 2. The van der Waals surface area contributed by atoms with E-state index in [0.29, 0.717) is 12.1 Å². The first-order valence-corrected chi connectivity index (χ1v) is 15.1. The van der Waals surface area contributed by atoms with Crippen molar-refractivity contribution in [3.8, 4) is 0 Å². The number of sulfonamides is 1. The highest BCUT2D eigenvalue weighted by Gasteiger charge is 2.33. The molecule has 0 heterocycles. The standard InChI is InChI=1S/C31H39N3O4S/c1-6-24(3)32-31(36)29(20-26-15-9-7-10-16-26)33(21-27-17-11-8-12-18-27)30(35)22-34(39(5,37)38)28-19-13-14-23(2)25(28)4/h7-19,24,29H,6,20-22H2,1-5H3,(H,32,36)/t24-,29-/m1/s1. The van der Waals surface area contributed by atoms with Crippen LogP contribution in [0.5, 0.6) is 0 Å². The lowest BCUT2D eigenvalue weighted by Gasteiger charge is -2.34. The molecule has 3 rings (SSSR count). The van der Waals surface area contributed by atoms with Crippen molar-refractivity contribution in [1.29, 1.82) is 0 Å². The Morgan fingerprint density at radius 3 is 2.03 bits per heavy atom. The third kappa shape index (κ3) is 8.17. The number of benzene rings is 3. The zero-order valence-corrected chi connectivity index (χ0v) is 24.2. The van der Waals surface area contributed by atoms with Crippen molar-refractivity contribution >= 4 is 27.5 Å². The Morgan fingerprint density at radius 2 is 1.46 bits per heavy atom. The summed E-state index contributed by atoms with van der Waals surface area (Å²) >= 11 is 0. The van der Waals surface area contributed by atoms with Gasteiger partial charge < -0.3 is 10.2 Å². The van der Waals surface area contributed by atoms with Crippen molar-refractivity contribution in [3.05, 3.63) is 101 Å². The Labute approximate surface area is 232 Å². The van der Waals surface area contributed by atoms with Crippen LogP contribution in [0.25, 0.3) is 0 Å². The van der Waals surface area contributed by atoms with Crippen LogP contribution in [-0.2, 0) is 32.6 Å². The number of amides is 2. The molecule has 0 aromatic heterocycles. The van der Waals surface area contributed by atoms with Gasteiger partial charge in [0.1, 0.15) is 12.6 Å². The highest BCUT2D eigenvalue weighted by molar-refractivity contribution is 7.92. The second kappa shape index (κ2) is 13.4. The van der Waals surface area contributed by atoms with Gasteiger partial charge in [-0.3, -0.25) is 13.9 Å². The van der Waals surface area contributed by atoms with Crippen LogP contribution in [0.3, 0.4) is 0 Å². The third-order valence-corrected chi connectivity index (χ3v) is 8.12. The molecule has 39 heavy (non-hydrogen) atoms. The first-order chi connectivity index (χ1) is 18.5. The maximum atomic E-state index is 14.1. The van der Waals surface area contributed by atoms with Crippen LogP contribution in [0.1, 0.15) is 42.5 Å². The molecular formula is C31H39N3O4S. The summed E-state index contributed by atoms with van der Waals surface area (Å²) in [5.74, 6) is -0.722. The minimum atomic E-state index is -3.80. The van der Waals surface area contributed by atoms with Crippen LogP contribution in [-0.4, -0.2) is 50.0 Å². The molecule has 3 aromatic rings. The molecule has 2 atom stereocenters. The smallest absolute Gasteiger partial charge is 0.244 e. The Bertz CT molecular complexity index is 1360. The van der Waals surface area contributed by atoms with Crippen LogP contribution in [0.15, 0.2) is 78.9 Å². The van der Waals surface area contributed by atoms with Gasteiger partial charge >= 0.3 is 0 Å². The van der Waals surface area contributed by atoms with Crippen LogP contribution in [0, 0.1) is 13.8 Å². The normalized spacial score (nSPS) is 12.8. The van der Waals surface area contributed by atoms with Gasteiger partial charge in [0.25, 0.3) is 0 Å². The molecule has 0 aliphatic heterocycles. The summed E-state index contributed by atoms with van der Waals surface area (Å²) in [6, 6.07) is 23.4. The van der Waals surface area contributed by atoms with Gasteiger partial charge in [0.05, 0.1) is 11.9 Å². The molecule has 0 bridgehead atoms. The van der Waals surface area contributed by atoms with Crippen molar-refractivity contribution in [2.24, 2.45) is 0 Å². The van der Waals surface area contributed by atoms with E-state index < -0.39 is 28.5 Å². The van der Waals surface area contributed by atoms with Gasteiger partial charge in [-0.15, -0.1) is 0 Å². The molecule has 0 aliphatic carbocycles. The van der Waals surface area contributed by atoms with Gasteiger partial charge in [0, 0.05) is 19.0 Å². The zero-order chi connectivity index (χ0) is 28.6. The predicted octanol–water partition coefficient (Wildman–Crippen LogP) is 4.62. The summed E-state index contributed by atoms with van der Waals surface area (Å²) in [6.07, 6.45) is 2.13. The van der Waals surface area contributed by atoms with Crippen molar-refractivity contribution in [3.63, 3.8) is 0 Å². The molecule has 8 heteroatoms. The fraction of sp³-hybridized carbons (Fsp3) is 0.355. The number of hydrogen-bond acceptors (Lipinski definition) is 4. The van der Waals surface area contributed by atoms with E-state index in [9.17, 15) is 18.0 Å². The number of aryl methyl sites for hydroxylation is 1. The SMILES string of the molecule is CC[C@@H](C)NC(=O)[C@@H](Cc1ccccc1)N(Cc1ccccc1)C(=O)CN(c1cccc(C)c1C)S(C)(=O)=O. The van der Waals surface area contributed by atoms with E-state index in [2.05, 4.69) is 5.32 Å². The van der Waals surface area contributed by atoms with Gasteiger partial charge in [-0.1, -0.05) is 79.7 Å². The Morgan fingerprint density at radius 1 is 0.872 bits per heavy atom. The molecule has 1 N–H and O–H groups in total. The number of rotatable bonds is 12. The summed E-state index contributed by atoms with van der Waals surface area (Å²) in [7, 11) is -3.80. The quantitative estimate of drug-likeness (QED) is 0.357. The molecule has 2 amide bonds. The topological polar surface area (TPSA) is 86.8 Å². The fourth-order valence-electron chi connectivity index (χ4n) is 4.38. The lowest BCUT2D eigenvalue weighted by molar-refractivity contribution is -0.140. The second-order valence-electron chi connectivity index (χ2n) is 10.0. The molecular weight excluding hydrogens is 510 g/mol. The Hall–Kier alpha value is -3.65. The second-order valence-corrected chi connectivity index (χ2v) is 11.9. The van der Waals surface area contributed by atoms with Gasteiger partial charge in [-0.05, 0) is 55.5 Å². The average molecular weight is 550 g/mol. The van der Waals surface area contributed by atoms with Gasteiger partial charge in [0.2, 0.25) is 21.8 Å². The van der Waals surface area contributed by atoms with E-state index in [0.717, 1.165) is 39.2 Å². The summed E-state index contributed by atoms with van der Waals surface area (Å²) in [5.41, 5.74) is 3.90.